The molecular formula is C15H22BrN3O2. The first-order valence-corrected chi connectivity index (χ1v) is 7.88. The van der Waals surface area contributed by atoms with Crippen molar-refractivity contribution in [2.75, 3.05) is 13.1 Å². The molecule has 3 N–H and O–H groups in total. The Morgan fingerprint density at radius 1 is 1.24 bits per heavy atom. The zero-order valence-corrected chi connectivity index (χ0v) is 14.0. The quantitative estimate of drug-likeness (QED) is 0.703. The van der Waals surface area contributed by atoms with Crippen LogP contribution in [0.25, 0.3) is 0 Å². The third kappa shape index (κ3) is 7.13. The summed E-state index contributed by atoms with van der Waals surface area (Å²) in [4.78, 5) is 23.1. The zero-order valence-electron chi connectivity index (χ0n) is 12.4. The van der Waals surface area contributed by atoms with Crippen molar-refractivity contribution < 1.29 is 9.59 Å². The molecule has 1 atom stereocenters. The molecule has 0 heterocycles. The molecule has 116 valence electrons. The van der Waals surface area contributed by atoms with Gasteiger partial charge in [0.15, 0.2) is 0 Å². The molecule has 5 nitrogen and oxygen atoms in total. The Kier molecular flexibility index (Phi) is 7.82. The largest absolute Gasteiger partial charge is 0.356 e. The minimum absolute atomic E-state index is 0.0443. The smallest absolute Gasteiger partial charge is 0.315 e. The number of hydrogen-bond acceptors (Lipinski definition) is 2. The predicted octanol–water partition coefficient (Wildman–Crippen LogP) is 2.73. The summed E-state index contributed by atoms with van der Waals surface area (Å²) in [7, 11) is 0. The van der Waals surface area contributed by atoms with E-state index in [1.165, 1.54) is 0 Å². The Labute approximate surface area is 134 Å². The fourth-order valence-electron chi connectivity index (χ4n) is 1.75. The molecule has 0 saturated heterocycles. The summed E-state index contributed by atoms with van der Waals surface area (Å²) in [6.07, 6.45) is 1.20. The van der Waals surface area contributed by atoms with Crippen LogP contribution in [0.1, 0.15) is 38.3 Å². The lowest BCUT2D eigenvalue weighted by Crippen LogP contribution is -2.39. The van der Waals surface area contributed by atoms with Gasteiger partial charge in [-0.15, -0.1) is 0 Å². The Hall–Kier alpha value is -1.56. The van der Waals surface area contributed by atoms with Crippen LogP contribution in [0.5, 0.6) is 0 Å². The van der Waals surface area contributed by atoms with E-state index in [0.717, 1.165) is 16.5 Å². The normalized spacial score (nSPS) is 11.6. The zero-order chi connectivity index (χ0) is 15.7. The molecule has 0 radical (unpaired) electrons. The van der Waals surface area contributed by atoms with Gasteiger partial charge in [-0.1, -0.05) is 35.0 Å². The molecule has 6 heteroatoms. The second kappa shape index (κ2) is 9.39. The van der Waals surface area contributed by atoms with E-state index >= 15 is 0 Å². The van der Waals surface area contributed by atoms with E-state index in [1.54, 1.807) is 0 Å². The average molecular weight is 356 g/mol. The van der Waals surface area contributed by atoms with Crippen LogP contribution in [0.3, 0.4) is 0 Å². The predicted molar refractivity (Wildman–Crippen MR) is 87.0 cm³/mol. The Morgan fingerprint density at radius 2 is 2.00 bits per heavy atom. The summed E-state index contributed by atoms with van der Waals surface area (Å²) in [5.41, 5.74) is 1.01. The summed E-state index contributed by atoms with van der Waals surface area (Å²) in [5.74, 6) is -0.0443. The minimum Gasteiger partial charge on any atom is -0.356 e. The van der Waals surface area contributed by atoms with Gasteiger partial charge in [0.05, 0.1) is 6.04 Å². The van der Waals surface area contributed by atoms with Crippen LogP contribution in [-0.2, 0) is 4.79 Å². The molecule has 0 saturated carbocycles. The topological polar surface area (TPSA) is 70.2 Å². The van der Waals surface area contributed by atoms with Crippen molar-refractivity contribution in [3.05, 3.63) is 34.3 Å². The van der Waals surface area contributed by atoms with Gasteiger partial charge in [0.2, 0.25) is 5.91 Å². The van der Waals surface area contributed by atoms with Gasteiger partial charge in [-0.3, -0.25) is 4.79 Å². The van der Waals surface area contributed by atoms with E-state index in [4.69, 9.17) is 0 Å². The van der Waals surface area contributed by atoms with Crippen molar-refractivity contribution in [1.82, 2.24) is 16.0 Å². The summed E-state index contributed by atoms with van der Waals surface area (Å²) < 4.78 is 0.974. The second-order valence-corrected chi connectivity index (χ2v) is 5.69. The SMILES string of the molecule is CCCNC(=O)CCNC(=O)NC(C)c1cccc(Br)c1. The molecule has 1 aromatic carbocycles. The summed E-state index contributed by atoms with van der Waals surface area (Å²) in [6, 6.07) is 7.40. The molecule has 0 aromatic heterocycles. The van der Waals surface area contributed by atoms with Gasteiger partial charge in [0, 0.05) is 24.0 Å². The van der Waals surface area contributed by atoms with Gasteiger partial charge in [-0.05, 0) is 31.0 Å². The Balaban J connectivity index is 2.29. The molecular weight excluding hydrogens is 334 g/mol. The molecule has 0 aliphatic rings. The fourth-order valence-corrected chi connectivity index (χ4v) is 2.17. The Morgan fingerprint density at radius 3 is 2.67 bits per heavy atom. The van der Waals surface area contributed by atoms with E-state index < -0.39 is 0 Å². The molecule has 0 aliphatic carbocycles. The van der Waals surface area contributed by atoms with E-state index in [2.05, 4.69) is 31.9 Å². The number of carbonyl (C=O) groups is 2. The number of benzene rings is 1. The van der Waals surface area contributed by atoms with Gasteiger partial charge < -0.3 is 16.0 Å². The number of carbonyl (C=O) groups excluding carboxylic acids is 2. The maximum atomic E-state index is 11.7. The molecule has 3 amide bonds. The number of nitrogens with one attached hydrogen (secondary N) is 3. The molecule has 1 unspecified atom stereocenters. The third-order valence-electron chi connectivity index (χ3n) is 2.91. The first-order chi connectivity index (χ1) is 10.0. The van der Waals surface area contributed by atoms with Crippen LogP contribution < -0.4 is 16.0 Å². The van der Waals surface area contributed by atoms with Gasteiger partial charge >= 0.3 is 6.03 Å². The second-order valence-electron chi connectivity index (χ2n) is 4.78. The van der Waals surface area contributed by atoms with Crippen LogP contribution >= 0.6 is 15.9 Å². The minimum atomic E-state index is -0.272. The summed E-state index contributed by atoms with van der Waals surface area (Å²) >= 11 is 3.40. The van der Waals surface area contributed by atoms with Crippen molar-refractivity contribution in [2.45, 2.75) is 32.7 Å². The summed E-state index contributed by atoms with van der Waals surface area (Å²) in [6.45, 7) is 4.90. The average Bonchev–Trinajstić information content (AvgIpc) is 2.45. The molecule has 0 spiro atoms. The highest BCUT2D eigenvalue weighted by molar-refractivity contribution is 9.10. The van der Waals surface area contributed by atoms with Crippen LogP contribution in [0.4, 0.5) is 4.79 Å². The summed E-state index contributed by atoms with van der Waals surface area (Å²) in [5, 5.41) is 8.28. The van der Waals surface area contributed by atoms with Crippen molar-refractivity contribution >= 4 is 27.9 Å². The standard InChI is InChI=1S/C15H22BrN3O2/c1-3-8-17-14(20)7-9-18-15(21)19-11(2)12-5-4-6-13(16)10-12/h4-6,10-11H,3,7-9H2,1-2H3,(H,17,20)(H2,18,19,21). The van der Waals surface area contributed by atoms with E-state index in [-0.39, 0.29) is 18.0 Å². The van der Waals surface area contributed by atoms with Crippen LogP contribution in [-0.4, -0.2) is 25.0 Å². The van der Waals surface area contributed by atoms with Crippen LogP contribution in [0, 0.1) is 0 Å². The first-order valence-electron chi connectivity index (χ1n) is 7.09. The molecule has 1 aromatic rings. The number of halogens is 1. The van der Waals surface area contributed by atoms with Gasteiger partial charge in [0.1, 0.15) is 0 Å². The maximum absolute atomic E-state index is 11.7. The van der Waals surface area contributed by atoms with Crippen molar-refractivity contribution in [3.63, 3.8) is 0 Å². The highest BCUT2D eigenvalue weighted by atomic mass is 79.9. The van der Waals surface area contributed by atoms with Crippen molar-refractivity contribution in [3.8, 4) is 0 Å². The lowest BCUT2D eigenvalue weighted by atomic mass is 10.1. The Bertz CT molecular complexity index is 480. The number of hydrogen-bond donors (Lipinski definition) is 3. The molecule has 1 rings (SSSR count). The lowest BCUT2D eigenvalue weighted by molar-refractivity contribution is -0.120. The third-order valence-corrected chi connectivity index (χ3v) is 3.40. The molecule has 0 fully saturated rings. The lowest BCUT2D eigenvalue weighted by Gasteiger charge is -2.15. The number of amides is 3. The van der Waals surface area contributed by atoms with Crippen molar-refractivity contribution in [2.24, 2.45) is 0 Å². The first kappa shape index (κ1) is 17.5. The maximum Gasteiger partial charge on any atom is 0.315 e. The van der Waals surface area contributed by atoms with Gasteiger partial charge in [-0.2, -0.15) is 0 Å². The highest BCUT2D eigenvalue weighted by Crippen LogP contribution is 2.17. The van der Waals surface area contributed by atoms with Crippen LogP contribution in [0.15, 0.2) is 28.7 Å². The van der Waals surface area contributed by atoms with Gasteiger partial charge in [-0.25, -0.2) is 4.79 Å². The molecule has 0 bridgehead atoms. The fraction of sp³-hybridized carbons (Fsp3) is 0.467. The van der Waals surface area contributed by atoms with Gasteiger partial charge in [0.25, 0.3) is 0 Å². The number of rotatable bonds is 7. The van der Waals surface area contributed by atoms with E-state index in [0.29, 0.717) is 19.5 Å². The number of urea groups is 1. The van der Waals surface area contributed by atoms with Crippen molar-refractivity contribution in [1.29, 1.82) is 0 Å². The van der Waals surface area contributed by atoms with Crippen LogP contribution in [0.2, 0.25) is 0 Å². The van der Waals surface area contributed by atoms with E-state index in [9.17, 15) is 9.59 Å². The monoisotopic (exact) mass is 355 g/mol. The molecule has 0 aliphatic heterocycles. The highest BCUT2D eigenvalue weighted by Gasteiger charge is 2.09. The molecule has 21 heavy (non-hydrogen) atoms. The van der Waals surface area contributed by atoms with E-state index in [1.807, 2.05) is 38.1 Å².